The van der Waals surface area contributed by atoms with E-state index in [1.165, 1.54) is 0 Å². The molecule has 192 valence electrons. The lowest BCUT2D eigenvalue weighted by molar-refractivity contribution is -0.127. The van der Waals surface area contributed by atoms with E-state index in [9.17, 15) is 14.4 Å². The zero-order valence-corrected chi connectivity index (χ0v) is 21.0. The van der Waals surface area contributed by atoms with Crippen LogP contribution < -0.4 is 20.1 Å². The molecule has 0 radical (unpaired) electrons. The van der Waals surface area contributed by atoms with Gasteiger partial charge in [0, 0.05) is 36.3 Å². The lowest BCUT2D eigenvalue weighted by atomic mass is 9.88. The van der Waals surface area contributed by atoms with Crippen LogP contribution >= 0.6 is 0 Å². The Morgan fingerprint density at radius 1 is 0.750 bits per heavy atom. The predicted octanol–water partition coefficient (Wildman–Crippen LogP) is 3.41. The number of carbonyl (C=O) groups is 3. The molecule has 1 heterocycles. The molecular formula is C28H35N3O5. The first kappa shape index (κ1) is 25.5. The summed E-state index contributed by atoms with van der Waals surface area (Å²) in [5, 5.41) is 6.32. The van der Waals surface area contributed by atoms with E-state index in [0.717, 1.165) is 38.5 Å². The summed E-state index contributed by atoms with van der Waals surface area (Å²) in [4.78, 5) is 40.8. The predicted molar refractivity (Wildman–Crippen MR) is 136 cm³/mol. The summed E-state index contributed by atoms with van der Waals surface area (Å²) >= 11 is 0. The number of hydrogen-bond donors (Lipinski definition) is 2. The maximum absolute atomic E-state index is 13.2. The van der Waals surface area contributed by atoms with Gasteiger partial charge in [-0.05, 0) is 74.2 Å². The van der Waals surface area contributed by atoms with E-state index in [0.29, 0.717) is 35.7 Å². The summed E-state index contributed by atoms with van der Waals surface area (Å²) in [5.41, 5.74) is 1.15. The smallest absolute Gasteiger partial charge is 0.253 e. The molecule has 1 unspecified atom stereocenters. The molecule has 0 aromatic heterocycles. The molecule has 36 heavy (non-hydrogen) atoms. The van der Waals surface area contributed by atoms with Crippen molar-refractivity contribution in [3.63, 3.8) is 0 Å². The summed E-state index contributed by atoms with van der Waals surface area (Å²) in [6.45, 7) is 1.03. The van der Waals surface area contributed by atoms with Gasteiger partial charge in [0.25, 0.3) is 11.8 Å². The Balaban J connectivity index is 1.35. The minimum atomic E-state index is -0.263. The third-order valence-electron chi connectivity index (χ3n) is 7.18. The van der Waals surface area contributed by atoms with Gasteiger partial charge in [-0.2, -0.15) is 0 Å². The topological polar surface area (TPSA) is 97.0 Å². The Bertz CT molecular complexity index is 1050. The molecule has 0 spiro atoms. The molecular weight excluding hydrogens is 458 g/mol. The molecule has 3 atom stereocenters. The van der Waals surface area contributed by atoms with Gasteiger partial charge in [0.1, 0.15) is 11.5 Å². The average molecular weight is 494 g/mol. The third kappa shape index (κ3) is 6.17. The fourth-order valence-electron chi connectivity index (χ4n) is 5.06. The summed E-state index contributed by atoms with van der Waals surface area (Å²) in [5.74, 6) is 0.860. The molecule has 2 N–H and O–H groups in total. The number of nitrogens with one attached hydrogen (secondary N) is 2. The zero-order chi connectivity index (χ0) is 25.5. The SMILES string of the molecule is COc1ccc(C(=O)N[C@@H]2CCCC[C@H]2NC(=O)C2CCCN(C(=O)c3ccc(OC)cc3)C2)cc1. The van der Waals surface area contributed by atoms with Crippen LogP contribution in [0, 0.1) is 5.92 Å². The molecule has 2 aromatic rings. The Kier molecular flexibility index (Phi) is 8.46. The minimum absolute atomic E-state index is 0.0437. The Hall–Kier alpha value is -3.55. The number of benzene rings is 2. The van der Waals surface area contributed by atoms with Crippen LogP contribution in [0.2, 0.25) is 0 Å². The van der Waals surface area contributed by atoms with Gasteiger partial charge in [-0.15, -0.1) is 0 Å². The number of amides is 3. The van der Waals surface area contributed by atoms with Crippen molar-refractivity contribution in [2.45, 2.75) is 50.6 Å². The molecule has 8 nitrogen and oxygen atoms in total. The highest BCUT2D eigenvalue weighted by molar-refractivity contribution is 5.95. The van der Waals surface area contributed by atoms with Crippen molar-refractivity contribution in [2.24, 2.45) is 5.92 Å². The van der Waals surface area contributed by atoms with Crippen LogP contribution in [-0.2, 0) is 4.79 Å². The number of likely N-dealkylation sites (tertiary alicyclic amines) is 1. The molecule has 1 saturated carbocycles. The number of piperidine rings is 1. The van der Waals surface area contributed by atoms with Crippen LogP contribution in [0.4, 0.5) is 0 Å². The van der Waals surface area contributed by atoms with Crippen LogP contribution in [0.25, 0.3) is 0 Å². The van der Waals surface area contributed by atoms with Gasteiger partial charge in [0.05, 0.1) is 20.1 Å². The van der Waals surface area contributed by atoms with Gasteiger partial charge in [0.15, 0.2) is 0 Å². The molecule has 4 rings (SSSR count). The number of rotatable bonds is 7. The number of methoxy groups -OCH3 is 2. The third-order valence-corrected chi connectivity index (χ3v) is 7.18. The normalized spacial score (nSPS) is 21.8. The number of hydrogen-bond acceptors (Lipinski definition) is 5. The lowest BCUT2D eigenvalue weighted by Crippen LogP contribution is -2.55. The zero-order valence-electron chi connectivity index (χ0n) is 21.0. The van der Waals surface area contributed by atoms with Gasteiger partial charge in [-0.25, -0.2) is 0 Å². The van der Waals surface area contributed by atoms with E-state index in [-0.39, 0.29) is 35.7 Å². The molecule has 8 heteroatoms. The average Bonchev–Trinajstić information content (AvgIpc) is 2.93. The fraction of sp³-hybridized carbons (Fsp3) is 0.464. The van der Waals surface area contributed by atoms with Gasteiger partial charge >= 0.3 is 0 Å². The first-order valence-electron chi connectivity index (χ1n) is 12.7. The van der Waals surface area contributed by atoms with Crippen LogP contribution in [0.3, 0.4) is 0 Å². The summed E-state index contributed by atoms with van der Waals surface area (Å²) < 4.78 is 10.3. The molecule has 1 saturated heterocycles. The maximum Gasteiger partial charge on any atom is 0.253 e. The van der Waals surface area contributed by atoms with Gasteiger partial charge in [0.2, 0.25) is 5.91 Å². The summed E-state index contributed by atoms with van der Waals surface area (Å²) in [6, 6.07) is 13.8. The second-order valence-electron chi connectivity index (χ2n) is 9.53. The monoisotopic (exact) mass is 493 g/mol. The first-order valence-corrected chi connectivity index (χ1v) is 12.7. The molecule has 3 amide bonds. The fourth-order valence-corrected chi connectivity index (χ4v) is 5.06. The standard InChI is InChI=1S/C28H35N3O5/c1-35-22-13-9-19(10-14-22)26(32)29-24-7-3-4-8-25(24)30-27(33)21-6-5-17-31(18-21)28(34)20-11-15-23(36-2)16-12-20/h9-16,21,24-25H,3-8,17-18H2,1-2H3,(H,29,32)(H,30,33)/t21?,24-,25-/m1/s1. The van der Waals surface area contributed by atoms with Crippen molar-refractivity contribution >= 4 is 17.7 Å². The van der Waals surface area contributed by atoms with E-state index in [1.54, 1.807) is 67.7 Å². The number of carbonyl (C=O) groups excluding carboxylic acids is 3. The van der Waals surface area contributed by atoms with E-state index in [4.69, 9.17) is 9.47 Å². The molecule has 1 aliphatic carbocycles. The van der Waals surface area contributed by atoms with Crippen molar-refractivity contribution in [1.29, 1.82) is 0 Å². The molecule has 2 aliphatic rings. The Morgan fingerprint density at radius 3 is 1.89 bits per heavy atom. The largest absolute Gasteiger partial charge is 0.497 e. The summed E-state index contributed by atoms with van der Waals surface area (Å²) in [6.07, 6.45) is 5.18. The van der Waals surface area contributed by atoms with Gasteiger partial charge in [-0.3, -0.25) is 14.4 Å². The van der Waals surface area contributed by atoms with E-state index < -0.39 is 0 Å². The lowest BCUT2D eigenvalue weighted by Gasteiger charge is -2.36. The highest BCUT2D eigenvalue weighted by atomic mass is 16.5. The number of nitrogens with zero attached hydrogens (tertiary/aromatic N) is 1. The highest BCUT2D eigenvalue weighted by Crippen LogP contribution is 2.23. The van der Waals surface area contributed by atoms with Crippen molar-refractivity contribution in [3.8, 4) is 11.5 Å². The highest BCUT2D eigenvalue weighted by Gasteiger charge is 2.33. The molecule has 2 aromatic carbocycles. The van der Waals surface area contributed by atoms with Crippen LogP contribution in [0.5, 0.6) is 11.5 Å². The minimum Gasteiger partial charge on any atom is -0.497 e. The second kappa shape index (κ2) is 11.9. The Morgan fingerprint density at radius 2 is 1.31 bits per heavy atom. The van der Waals surface area contributed by atoms with E-state index >= 15 is 0 Å². The first-order chi connectivity index (χ1) is 17.5. The van der Waals surface area contributed by atoms with Crippen LogP contribution in [-0.4, -0.2) is 62.0 Å². The van der Waals surface area contributed by atoms with Gasteiger partial charge < -0.3 is 25.0 Å². The second-order valence-corrected chi connectivity index (χ2v) is 9.53. The van der Waals surface area contributed by atoms with E-state index in [1.807, 2.05) is 0 Å². The Labute approximate surface area is 212 Å². The van der Waals surface area contributed by atoms with Crippen LogP contribution in [0.1, 0.15) is 59.2 Å². The summed E-state index contributed by atoms with van der Waals surface area (Å²) in [7, 11) is 3.18. The van der Waals surface area contributed by atoms with Crippen molar-refractivity contribution < 1.29 is 23.9 Å². The van der Waals surface area contributed by atoms with Crippen LogP contribution in [0.15, 0.2) is 48.5 Å². The molecule has 1 aliphatic heterocycles. The molecule has 0 bridgehead atoms. The number of ether oxygens (including phenoxy) is 2. The van der Waals surface area contributed by atoms with Crippen molar-refractivity contribution in [2.75, 3.05) is 27.3 Å². The maximum atomic E-state index is 13.2. The van der Waals surface area contributed by atoms with E-state index in [2.05, 4.69) is 10.6 Å². The van der Waals surface area contributed by atoms with Crippen molar-refractivity contribution in [1.82, 2.24) is 15.5 Å². The van der Waals surface area contributed by atoms with Gasteiger partial charge in [-0.1, -0.05) is 12.8 Å². The quantitative estimate of drug-likeness (QED) is 0.616. The molecule has 2 fully saturated rings. The van der Waals surface area contributed by atoms with Crippen molar-refractivity contribution in [3.05, 3.63) is 59.7 Å².